The molecule has 90 valence electrons. The van der Waals surface area contributed by atoms with Gasteiger partial charge in [-0.2, -0.15) is 0 Å². The lowest BCUT2D eigenvalue weighted by atomic mass is 10.2. The highest BCUT2D eigenvalue weighted by Gasteiger charge is 2.10. The van der Waals surface area contributed by atoms with Gasteiger partial charge in [-0.3, -0.25) is 4.79 Å². The van der Waals surface area contributed by atoms with Gasteiger partial charge in [0.15, 0.2) is 0 Å². The minimum Gasteiger partial charge on any atom is -0.373 e. The SMILES string of the molecule is CC#CCNc1cc(C(=O)N(C)C)ccc1Cl. The molecule has 0 spiro atoms. The molecule has 0 aromatic heterocycles. The molecule has 0 fully saturated rings. The zero-order chi connectivity index (χ0) is 12.8. The standard InChI is InChI=1S/C13H15ClN2O/c1-4-5-8-15-12-9-10(6-7-11(12)14)13(17)16(2)3/h6-7,9,15H,8H2,1-3H3. The summed E-state index contributed by atoms with van der Waals surface area (Å²) >= 11 is 6.02. The Hall–Kier alpha value is -1.66. The van der Waals surface area contributed by atoms with Crippen molar-refractivity contribution in [2.45, 2.75) is 6.92 Å². The summed E-state index contributed by atoms with van der Waals surface area (Å²) in [6.45, 7) is 2.28. The van der Waals surface area contributed by atoms with Gasteiger partial charge in [-0.15, -0.1) is 5.92 Å². The summed E-state index contributed by atoms with van der Waals surface area (Å²) < 4.78 is 0. The average molecular weight is 251 g/mol. The zero-order valence-electron chi connectivity index (χ0n) is 10.2. The van der Waals surface area contributed by atoms with Crippen molar-refractivity contribution in [1.29, 1.82) is 0 Å². The number of carbonyl (C=O) groups excluding carboxylic acids is 1. The first-order chi connectivity index (χ1) is 8.06. The molecule has 1 aromatic carbocycles. The van der Waals surface area contributed by atoms with Crippen LogP contribution in [0.25, 0.3) is 0 Å². The molecular weight excluding hydrogens is 236 g/mol. The monoisotopic (exact) mass is 250 g/mol. The summed E-state index contributed by atoms with van der Waals surface area (Å²) in [5.41, 5.74) is 1.33. The van der Waals surface area contributed by atoms with Crippen molar-refractivity contribution in [1.82, 2.24) is 4.90 Å². The second-order valence-electron chi connectivity index (χ2n) is 3.67. The molecule has 17 heavy (non-hydrogen) atoms. The number of benzene rings is 1. The molecule has 0 bridgehead atoms. The maximum Gasteiger partial charge on any atom is 0.253 e. The normalized spacial score (nSPS) is 9.18. The molecule has 0 saturated carbocycles. The first kappa shape index (κ1) is 13.4. The van der Waals surface area contributed by atoms with Crippen molar-refractivity contribution in [3.05, 3.63) is 28.8 Å². The van der Waals surface area contributed by atoms with Gasteiger partial charge in [0.05, 0.1) is 17.3 Å². The van der Waals surface area contributed by atoms with E-state index >= 15 is 0 Å². The number of nitrogens with zero attached hydrogens (tertiary/aromatic N) is 1. The van der Waals surface area contributed by atoms with Crippen molar-refractivity contribution < 1.29 is 4.79 Å². The third kappa shape index (κ3) is 3.69. The van der Waals surface area contributed by atoms with E-state index in [0.29, 0.717) is 17.1 Å². The quantitative estimate of drug-likeness (QED) is 0.836. The van der Waals surface area contributed by atoms with Crippen LogP contribution in [0.4, 0.5) is 5.69 Å². The van der Waals surface area contributed by atoms with Crippen LogP contribution >= 0.6 is 11.6 Å². The highest BCUT2D eigenvalue weighted by molar-refractivity contribution is 6.33. The van der Waals surface area contributed by atoms with Crippen LogP contribution in [-0.4, -0.2) is 31.4 Å². The summed E-state index contributed by atoms with van der Waals surface area (Å²) in [4.78, 5) is 13.3. The fraction of sp³-hybridized carbons (Fsp3) is 0.308. The number of carbonyl (C=O) groups is 1. The Balaban J connectivity index is 2.92. The van der Waals surface area contributed by atoms with E-state index in [1.807, 2.05) is 0 Å². The first-order valence-electron chi connectivity index (χ1n) is 5.21. The Morgan fingerprint density at radius 2 is 2.18 bits per heavy atom. The molecule has 0 aliphatic heterocycles. The van der Waals surface area contributed by atoms with Crippen molar-refractivity contribution >= 4 is 23.2 Å². The molecule has 0 saturated heterocycles. The summed E-state index contributed by atoms with van der Waals surface area (Å²) in [5.74, 6) is 5.61. The molecule has 0 radical (unpaired) electrons. The maximum absolute atomic E-state index is 11.8. The molecule has 3 nitrogen and oxygen atoms in total. The summed E-state index contributed by atoms with van der Waals surface area (Å²) in [5, 5.41) is 3.65. The van der Waals surface area contributed by atoms with Crippen molar-refractivity contribution in [2.75, 3.05) is 26.0 Å². The first-order valence-corrected chi connectivity index (χ1v) is 5.58. The number of amides is 1. The number of hydrogen-bond acceptors (Lipinski definition) is 2. The van der Waals surface area contributed by atoms with E-state index in [2.05, 4.69) is 17.2 Å². The smallest absolute Gasteiger partial charge is 0.253 e. The average Bonchev–Trinajstić information content (AvgIpc) is 2.30. The van der Waals surface area contributed by atoms with Gasteiger partial charge >= 0.3 is 0 Å². The molecule has 1 aromatic rings. The molecular formula is C13H15ClN2O. The second-order valence-corrected chi connectivity index (χ2v) is 4.08. The number of hydrogen-bond donors (Lipinski definition) is 1. The van der Waals surface area contributed by atoms with Gasteiger partial charge < -0.3 is 10.2 Å². The molecule has 0 unspecified atom stereocenters. The van der Waals surface area contributed by atoms with E-state index < -0.39 is 0 Å². The lowest BCUT2D eigenvalue weighted by Gasteiger charge is -2.12. The minimum atomic E-state index is -0.0497. The Labute approximate surface area is 107 Å². The number of rotatable bonds is 3. The van der Waals surface area contributed by atoms with Gasteiger partial charge in [-0.1, -0.05) is 17.5 Å². The summed E-state index contributed by atoms with van der Waals surface area (Å²) in [7, 11) is 3.43. The largest absolute Gasteiger partial charge is 0.373 e. The Morgan fingerprint density at radius 1 is 1.47 bits per heavy atom. The molecule has 1 rings (SSSR count). The van der Waals surface area contributed by atoms with E-state index in [-0.39, 0.29) is 5.91 Å². The van der Waals surface area contributed by atoms with Gasteiger partial charge in [0.1, 0.15) is 0 Å². The van der Waals surface area contributed by atoms with Crippen molar-refractivity contribution in [2.24, 2.45) is 0 Å². The van der Waals surface area contributed by atoms with E-state index in [0.717, 1.165) is 5.69 Å². The van der Waals surface area contributed by atoms with Gasteiger partial charge in [0.25, 0.3) is 5.91 Å². The van der Waals surface area contributed by atoms with Crippen LogP contribution in [0.2, 0.25) is 5.02 Å². The number of halogens is 1. The van der Waals surface area contributed by atoms with Crippen LogP contribution in [0, 0.1) is 11.8 Å². The van der Waals surface area contributed by atoms with E-state index in [1.54, 1.807) is 39.2 Å². The van der Waals surface area contributed by atoms with E-state index in [4.69, 9.17) is 11.6 Å². The highest BCUT2D eigenvalue weighted by Crippen LogP contribution is 2.23. The zero-order valence-corrected chi connectivity index (χ0v) is 10.9. The molecule has 1 amide bonds. The highest BCUT2D eigenvalue weighted by atomic mass is 35.5. The molecule has 4 heteroatoms. The molecule has 1 N–H and O–H groups in total. The van der Waals surface area contributed by atoms with Crippen LogP contribution in [-0.2, 0) is 0 Å². The fourth-order valence-corrected chi connectivity index (χ4v) is 1.46. The van der Waals surface area contributed by atoms with Gasteiger partial charge in [-0.05, 0) is 25.1 Å². The predicted molar refractivity (Wildman–Crippen MR) is 71.4 cm³/mol. The topological polar surface area (TPSA) is 32.3 Å². The fourth-order valence-electron chi connectivity index (χ4n) is 1.28. The third-order valence-corrected chi connectivity index (χ3v) is 2.49. The third-order valence-electron chi connectivity index (χ3n) is 2.16. The Bertz CT molecular complexity index is 472. The van der Waals surface area contributed by atoms with E-state index in [1.165, 1.54) is 4.90 Å². The van der Waals surface area contributed by atoms with Crippen LogP contribution < -0.4 is 5.32 Å². The number of nitrogens with one attached hydrogen (secondary N) is 1. The lowest BCUT2D eigenvalue weighted by molar-refractivity contribution is 0.0827. The molecule has 0 atom stereocenters. The van der Waals surface area contributed by atoms with Crippen LogP contribution in [0.15, 0.2) is 18.2 Å². The predicted octanol–water partition coefficient (Wildman–Crippen LogP) is 2.48. The molecule has 0 aliphatic carbocycles. The van der Waals surface area contributed by atoms with E-state index in [9.17, 15) is 4.79 Å². The van der Waals surface area contributed by atoms with Crippen LogP contribution in [0.1, 0.15) is 17.3 Å². The molecule has 0 heterocycles. The van der Waals surface area contributed by atoms with Gasteiger partial charge in [0.2, 0.25) is 0 Å². The second kappa shape index (κ2) is 6.17. The Morgan fingerprint density at radius 3 is 2.76 bits per heavy atom. The Kier molecular flexibility index (Phi) is 4.86. The molecule has 0 aliphatic rings. The van der Waals surface area contributed by atoms with Crippen LogP contribution in [0.3, 0.4) is 0 Å². The minimum absolute atomic E-state index is 0.0497. The maximum atomic E-state index is 11.8. The van der Waals surface area contributed by atoms with Gasteiger partial charge in [-0.25, -0.2) is 0 Å². The van der Waals surface area contributed by atoms with Gasteiger partial charge in [0, 0.05) is 19.7 Å². The van der Waals surface area contributed by atoms with Crippen molar-refractivity contribution in [3.8, 4) is 11.8 Å². The summed E-state index contributed by atoms with van der Waals surface area (Å²) in [6.07, 6.45) is 0. The summed E-state index contributed by atoms with van der Waals surface area (Å²) in [6, 6.07) is 5.16. The number of anilines is 1. The van der Waals surface area contributed by atoms with Crippen LogP contribution in [0.5, 0.6) is 0 Å². The lowest BCUT2D eigenvalue weighted by Crippen LogP contribution is -2.21. The van der Waals surface area contributed by atoms with Crippen molar-refractivity contribution in [3.63, 3.8) is 0 Å².